The highest BCUT2D eigenvalue weighted by Crippen LogP contribution is 2.13. The van der Waals surface area contributed by atoms with Crippen LogP contribution in [0.25, 0.3) is 5.76 Å². The third-order valence-electron chi connectivity index (χ3n) is 2.96. The van der Waals surface area contributed by atoms with Crippen LogP contribution in [0.15, 0.2) is 35.9 Å². The molecule has 118 valence electrons. The van der Waals surface area contributed by atoms with E-state index in [0.29, 0.717) is 36.8 Å². The van der Waals surface area contributed by atoms with Gasteiger partial charge in [0.1, 0.15) is 5.76 Å². The summed E-state index contributed by atoms with van der Waals surface area (Å²) in [6.45, 7) is 3.46. The topological polar surface area (TPSA) is 99.0 Å². The van der Waals surface area contributed by atoms with Gasteiger partial charge in [-0.2, -0.15) is 5.10 Å². The van der Waals surface area contributed by atoms with Crippen molar-refractivity contribution < 1.29 is 19.8 Å². The van der Waals surface area contributed by atoms with Crippen molar-refractivity contribution in [1.29, 1.82) is 0 Å². The van der Waals surface area contributed by atoms with Crippen molar-refractivity contribution in [3.8, 4) is 0 Å². The number of carbonyl (C=O) groups is 2. The maximum Gasteiger partial charge on any atom is 0.303 e. The van der Waals surface area contributed by atoms with Crippen LogP contribution in [-0.4, -0.2) is 28.3 Å². The van der Waals surface area contributed by atoms with E-state index in [0.717, 1.165) is 0 Å². The summed E-state index contributed by atoms with van der Waals surface area (Å²) < 4.78 is 0. The molecule has 0 saturated carbocycles. The van der Waals surface area contributed by atoms with E-state index in [9.17, 15) is 14.7 Å². The fourth-order valence-corrected chi connectivity index (χ4v) is 1.84. The number of benzene rings is 1. The molecule has 0 spiro atoms. The third-order valence-corrected chi connectivity index (χ3v) is 2.96. The number of amides is 1. The van der Waals surface area contributed by atoms with Crippen molar-refractivity contribution in [2.75, 3.05) is 0 Å². The van der Waals surface area contributed by atoms with Crippen LogP contribution in [0.4, 0.5) is 0 Å². The molecule has 0 heterocycles. The quantitative estimate of drug-likeness (QED) is 0.283. The first-order chi connectivity index (χ1) is 10.5. The summed E-state index contributed by atoms with van der Waals surface area (Å²) >= 11 is 0. The second-order valence-electron chi connectivity index (χ2n) is 4.78. The summed E-state index contributed by atoms with van der Waals surface area (Å²) in [6, 6.07) is 7.01. The Balaban J connectivity index is 2.35. The van der Waals surface area contributed by atoms with E-state index in [1.165, 1.54) is 6.21 Å². The van der Waals surface area contributed by atoms with Crippen molar-refractivity contribution >= 4 is 23.9 Å². The van der Waals surface area contributed by atoms with E-state index in [2.05, 4.69) is 17.1 Å². The predicted octanol–water partition coefficient (Wildman–Crippen LogP) is 2.70. The van der Waals surface area contributed by atoms with Crippen molar-refractivity contribution in [1.82, 2.24) is 5.43 Å². The molecule has 1 aromatic carbocycles. The van der Waals surface area contributed by atoms with Crippen LogP contribution in [0.5, 0.6) is 0 Å². The number of carboxylic acids is 1. The standard InChI is InChI=1S/C16H20N2O4/c1-12(19)14-8-6-5-7-13(14)11-17-18-15(20)9-3-2-4-10-16(21)22/h5-8,11,19H,1-4,9-10H2,(H,18,20)(H,21,22)/b17-11+. The molecular formula is C16H20N2O4. The van der Waals surface area contributed by atoms with Crippen LogP contribution in [0.3, 0.4) is 0 Å². The number of aliphatic hydroxyl groups excluding tert-OH is 1. The average molecular weight is 304 g/mol. The molecule has 0 aliphatic heterocycles. The van der Waals surface area contributed by atoms with Gasteiger partial charge in [-0.15, -0.1) is 0 Å². The van der Waals surface area contributed by atoms with Gasteiger partial charge in [0.25, 0.3) is 0 Å². The number of aliphatic carboxylic acids is 1. The monoisotopic (exact) mass is 304 g/mol. The highest BCUT2D eigenvalue weighted by Gasteiger charge is 2.03. The van der Waals surface area contributed by atoms with Gasteiger partial charge in [-0.1, -0.05) is 37.3 Å². The molecule has 0 saturated heterocycles. The van der Waals surface area contributed by atoms with Gasteiger partial charge in [0, 0.05) is 24.0 Å². The molecule has 1 amide bonds. The smallest absolute Gasteiger partial charge is 0.303 e. The number of nitrogens with one attached hydrogen (secondary N) is 1. The van der Waals surface area contributed by atoms with Crippen LogP contribution < -0.4 is 5.43 Å². The molecule has 0 fully saturated rings. The van der Waals surface area contributed by atoms with Crippen molar-refractivity contribution in [3.05, 3.63) is 42.0 Å². The lowest BCUT2D eigenvalue weighted by Crippen LogP contribution is -2.17. The Morgan fingerprint density at radius 1 is 1.14 bits per heavy atom. The van der Waals surface area contributed by atoms with E-state index in [1.807, 2.05) is 0 Å². The van der Waals surface area contributed by atoms with Crippen LogP contribution in [0.2, 0.25) is 0 Å². The number of hydrogen-bond donors (Lipinski definition) is 3. The van der Waals surface area contributed by atoms with Crippen molar-refractivity contribution in [3.63, 3.8) is 0 Å². The van der Waals surface area contributed by atoms with Gasteiger partial charge in [0.2, 0.25) is 5.91 Å². The first-order valence-electron chi connectivity index (χ1n) is 7.01. The summed E-state index contributed by atoms with van der Waals surface area (Å²) in [4.78, 5) is 21.9. The molecule has 1 rings (SSSR count). The largest absolute Gasteiger partial charge is 0.508 e. The van der Waals surface area contributed by atoms with Crippen molar-refractivity contribution in [2.45, 2.75) is 32.1 Å². The number of aliphatic hydroxyl groups is 1. The fourth-order valence-electron chi connectivity index (χ4n) is 1.84. The molecule has 0 atom stereocenters. The molecule has 3 N–H and O–H groups in total. The summed E-state index contributed by atoms with van der Waals surface area (Å²) in [5.74, 6) is -1.11. The molecule has 0 bridgehead atoms. The minimum Gasteiger partial charge on any atom is -0.508 e. The lowest BCUT2D eigenvalue weighted by Gasteiger charge is -2.03. The lowest BCUT2D eigenvalue weighted by atomic mass is 10.1. The van der Waals surface area contributed by atoms with E-state index in [-0.39, 0.29) is 18.1 Å². The second-order valence-corrected chi connectivity index (χ2v) is 4.78. The van der Waals surface area contributed by atoms with E-state index >= 15 is 0 Å². The van der Waals surface area contributed by atoms with E-state index < -0.39 is 5.97 Å². The van der Waals surface area contributed by atoms with Crippen LogP contribution in [0, 0.1) is 0 Å². The molecule has 6 heteroatoms. The maximum atomic E-state index is 11.5. The fraction of sp³-hybridized carbons (Fsp3) is 0.312. The number of nitrogens with zero attached hydrogens (tertiary/aromatic N) is 1. The van der Waals surface area contributed by atoms with Gasteiger partial charge < -0.3 is 10.2 Å². The minimum absolute atomic E-state index is 0.0631. The van der Waals surface area contributed by atoms with Gasteiger partial charge in [-0.05, 0) is 12.8 Å². The summed E-state index contributed by atoms with van der Waals surface area (Å²) in [7, 11) is 0. The molecule has 0 aliphatic rings. The normalized spacial score (nSPS) is 10.5. The van der Waals surface area contributed by atoms with Gasteiger partial charge >= 0.3 is 5.97 Å². The molecule has 0 radical (unpaired) electrons. The van der Waals surface area contributed by atoms with Crippen LogP contribution in [-0.2, 0) is 9.59 Å². The molecule has 0 unspecified atom stereocenters. The van der Waals surface area contributed by atoms with Crippen LogP contribution >= 0.6 is 0 Å². The third kappa shape index (κ3) is 6.69. The predicted molar refractivity (Wildman–Crippen MR) is 84.6 cm³/mol. The number of unbranched alkanes of at least 4 members (excludes halogenated alkanes) is 2. The van der Waals surface area contributed by atoms with Gasteiger partial charge in [-0.25, -0.2) is 5.43 Å². The van der Waals surface area contributed by atoms with Gasteiger partial charge in [-0.3, -0.25) is 9.59 Å². The van der Waals surface area contributed by atoms with Gasteiger partial charge in [0.05, 0.1) is 6.21 Å². The summed E-state index contributed by atoms with van der Waals surface area (Å²) in [6.07, 6.45) is 3.75. The Hall–Kier alpha value is -2.63. The number of hydrogen-bond acceptors (Lipinski definition) is 4. The highest BCUT2D eigenvalue weighted by atomic mass is 16.4. The second kappa shape index (κ2) is 9.33. The Bertz CT molecular complexity index is 567. The number of hydrazone groups is 1. The number of carbonyl (C=O) groups excluding carboxylic acids is 1. The first-order valence-corrected chi connectivity index (χ1v) is 7.01. The number of carboxylic acid groups (broad SMARTS) is 1. The molecule has 0 aromatic heterocycles. The number of rotatable bonds is 9. The minimum atomic E-state index is -0.821. The SMILES string of the molecule is C=C(O)c1ccccc1/C=N/NC(=O)CCCCCC(=O)O. The van der Waals surface area contributed by atoms with E-state index in [4.69, 9.17) is 5.11 Å². The van der Waals surface area contributed by atoms with Gasteiger partial charge in [0.15, 0.2) is 0 Å². The Morgan fingerprint density at radius 2 is 1.82 bits per heavy atom. The zero-order valence-electron chi connectivity index (χ0n) is 12.3. The summed E-state index contributed by atoms with van der Waals surface area (Å²) in [5, 5.41) is 21.8. The van der Waals surface area contributed by atoms with Crippen LogP contribution in [0.1, 0.15) is 43.2 Å². The zero-order valence-corrected chi connectivity index (χ0v) is 12.3. The summed E-state index contributed by atoms with van der Waals surface area (Å²) in [5.41, 5.74) is 3.60. The molecule has 22 heavy (non-hydrogen) atoms. The highest BCUT2D eigenvalue weighted by molar-refractivity contribution is 5.87. The van der Waals surface area contributed by atoms with E-state index in [1.54, 1.807) is 24.3 Å². The average Bonchev–Trinajstić information content (AvgIpc) is 2.47. The lowest BCUT2D eigenvalue weighted by molar-refractivity contribution is -0.137. The maximum absolute atomic E-state index is 11.5. The first kappa shape index (κ1) is 17.4. The molecular weight excluding hydrogens is 284 g/mol. The molecule has 1 aromatic rings. The molecule has 6 nitrogen and oxygen atoms in total. The Kier molecular flexibility index (Phi) is 7.39. The Morgan fingerprint density at radius 3 is 2.50 bits per heavy atom. The molecule has 0 aliphatic carbocycles. The zero-order chi connectivity index (χ0) is 16.4. The Labute approximate surface area is 129 Å². The van der Waals surface area contributed by atoms with Crippen molar-refractivity contribution in [2.24, 2.45) is 5.10 Å².